The van der Waals surface area contributed by atoms with Gasteiger partial charge in [-0.3, -0.25) is 0 Å². The molecule has 0 fully saturated rings. The van der Waals surface area contributed by atoms with Gasteiger partial charge in [-0.25, -0.2) is 4.98 Å². The molecule has 2 aromatic rings. The molecular formula is C16H22N2OS. The summed E-state index contributed by atoms with van der Waals surface area (Å²) < 4.78 is 5.96. The first-order valence-electron chi connectivity index (χ1n) is 6.97. The van der Waals surface area contributed by atoms with E-state index in [4.69, 9.17) is 10.5 Å². The quantitative estimate of drug-likeness (QED) is 0.883. The average Bonchev–Trinajstić information content (AvgIpc) is 2.86. The number of nitrogens with two attached hydrogens (primary N) is 1. The number of aromatic nitrogens is 1. The molecule has 20 heavy (non-hydrogen) atoms. The van der Waals surface area contributed by atoms with Gasteiger partial charge in [-0.1, -0.05) is 26.0 Å². The highest BCUT2D eigenvalue weighted by Crippen LogP contribution is 2.27. The number of ether oxygens (including phenoxy) is 1. The van der Waals surface area contributed by atoms with Crippen LogP contribution in [0.15, 0.2) is 24.4 Å². The van der Waals surface area contributed by atoms with Crippen LogP contribution in [0.25, 0.3) is 0 Å². The molecule has 0 aliphatic rings. The Morgan fingerprint density at radius 1 is 1.35 bits per heavy atom. The standard InChI is InChI=1S/C16H22N2OS/c1-11(2)14-5-4-12(3)8-15(14)19-7-6-16-18-10-13(9-17)20-16/h4-5,8,10-11H,6-7,9,17H2,1-3H3. The predicted molar refractivity (Wildman–Crippen MR) is 84.5 cm³/mol. The van der Waals surface area contributed by atoms with Gasteiger partial charge < -0.3 is 10.5 Å². The lowest BCUT2D eigenvalue weighted by Crippen LogP contribution is -2.04. The predicted octanol–water partition coefficient (Wildman–Crippen LogP) is 3.66. The SMILES string of the molecule is Cc1ccc(C(C)C)c(OCCc2ncc(CN)s2)c1. The van der Waals surface area contributed by atoms with Crippen LogP contribution in [0.3, 0.4) is 0 Å². The molecule has 0 aliphatic carbocycles. The number of nitrogens with zero attached hydrogens (tertiary/aromatic N) is 1. The van der Waals surface area contributed by atoms with Gasteiger partial charge in [0.25, 0.3) is 0 Å². The molecule has 1 aromatic carbocycles. The largest absolute Gasteiger partial charge is 0.493 e. The maximum Gasteiger partial charge on any atom is 0.123 e. The molecule has 2 N–H and O–H groups in total. The van der Waals surface area contributed by atoms with Crippen molar-refractivity contribution in [1.29, 1.82) is 0 Å². The van der Waals surface area contributed by atoms with E-state index in [-0.39, 0.29) is 0 Å². The zero-order valence-corrected chi connectivity index (χ0v) is 13.2. The number of hydrogen-bond donors (Lipinski definition) is 1. The van der Waals surface area contributed by atoms with Crippen LogP contribution >= 0.6 is 11.3 Å². The molecule has 1 aromatic heterocycles. The summed E-state index contributed by atoms with van der Waals surface area (Å²) in [5, 5.41) is 1.09. The lowest BCUT2D eigenvalue weighted by atomic mass is 10.0. The van der Waals surface area contributed by atoms with Crippen molar-refractivity contribution in [2.75, 3.05) is 6.61 Å². The summed E-state index contributed by atoms with van der Waals surface area (Å²) in [6.45, 7) is 7.68. The van der Waals surface area contributed by atoms with Crippen molar-refractivity contribution in [1.82, 2.24) is 4.98 Å². The van der Waals surface area contributed by atoms with Gasteiger partial charge in [0.05, 0.1) is 11.6 Å². The van der Waals surface area contributed by atoms with Gasteiger partial charge in [-0.2, -0.15) is 0 Å². The highest BCUT2D eigenvalue weighted by Gasteiger charge is 2.08. The summed E-state index contributed by atoms with van der Waals surface area (Å²) >= 11 is 1.67. The minimum absolute atomic E-state index is 0.467. The second-order valence-corrected chi connectivity index (χ2v) is 6.42. The number of thiazole rings is 1. The molecule has 2 rings (SSSR count). The van der Waals surface area contributed by atoms with E-state index in [0.29, 0.717) is 19.1 Å². The maximum absolute atomic E-state index is 5.96. The Morgan fingerprint density at radius 3 is 2.80 bits per heavy atom. The molecule has 4 heteroatoms. The van der Waals surface area contributed by atoms with E-state index in [2.05, 4.69) is 44.0 Å². The van der Waals surface area contributed by atoms with Crippen LogP contribution in [0, 0.1) is 6.92 Å². The van der Waals surface area contributed by atoms with Crippen molar-refractivity contribution in [3.05, 3.63) is 45.4 Å². The van der Waals surface area contributed by atoms with Crippen LogP contribution in [0.4, 0.5) is 0 Å². The van der Waals surface area contributed by atoms with E-state index in [1.165, 1.54) is 11.1 Å². The first kappa shape index (κ1) is 15.0. The van der Waals surface area contributed by atoms with Gasteiger partial charge in [0.2, 0.25) is 0 Å². The number of rotatable bonds is 6. The van der Waals surface area contributed by atoms with E-state index >= 15 is 0 Å². The highest BCUT2D eigenvalue weighted by molar-refractivity contribution is 7.11. The summed E-state index contributed by atoms with van der Waals surface area (Å²) in [6, 6.07) is 6.41. The van der Waals surface area contributed by atoms with Crippen LogP contribution in [-0.4, -0.2) is 11.6 Å². The second-order valence-electron chi connectivity index (χ2n) is 5.22. The summed E-state index contributed by atoms with van der Waals surface area (Å²) in [6.07, 6.45) is 2.68. The van der Waals surface area contributed by atoms with Crippen molar-refractivity contribution in [3.63, 3.8) is 0 Å². The Balaban J connectivity index is 1.98. The van der Waals surface area contributed by atoms with E-state index in [1.54, 1.807) is 11.3 Å². The van der Waals surface area contributed by atoms with Crippen molar-refractivity contribution in [2.45, 2.75) is 39.7 Å². The Hall–Kier alpha value is -1.39. The summed E-state index contributed by atoms with van der Waals surface area (Å²) in [5.74, 6) is 1.46. The van der Waals surface area contributed by atoms with E-state index in [9.17, 15) is 0 Å². The fourth-order valence-corrected chi connectivity index (χ4v) is 2.83. The van der Waals surface area contributed by atoms with Gasteiger partial charge in [-0.05, 0) is 30.0 Å². The summed E-state index contributed by atoms with van der Waals surface area (Å²) in [7, 11) is 0. The van der Waals surface area contributed by atoms with Crippen LogP contribution in [0.5, 0.6) is 5.75 Å². The van der Waals surface area contributed by atoms with Crippen LogP contribution in [0.2, 0.25) is 0 Å². The monoisotopic (exact) mass is 290 g/mol. The third kappa shape index (κ3) is 3.81. The molecule has 0 atom stereocenters. The molecule has 0 radical (unpaired) electrons. The van der Waals surface area contributed by atoms with E-state index < -0.39 is 0 Å². The Morgan fingerprint density at radius 2 is 2.15 bits per heavy atom. The van der Waals surface area contributed by atoms with Crippen LogP contribution in [-0.2, 0) is 13.0 Å². The first-order valence-corrected chi connectivity index (χ1v) is 7.78. The smallest absolute Gasteiger partial charge is 0.123 e. The third-order valence-corrected chi connectivity index (χ3v) is 4.25. The highest BCUT2D eigenvalue weighted by atomic mass is 32.1. The fraction of sp³-hybridized carbons (Fsp3) is 0.438. The van der Waals surface area contributed by atoms with Crippen molar-refractivity contribution in [2.24, 2.45) is 5.73 Å². The fourth-order valence-electron chi connectivity index (χ4n) is 2.05. The summed E-state index contributed by atoms with van der Waals surface area (Å²) in [5.41, 5.74) is 8.08. The third-order valence-electron chi connectivity index (χ3n) is 3.17. The molecule has 0 amide bonds. The molecule has 1 heterocycles. The average molecular weight is 290 g/mol. The normalized spacial score (nSPS) is 11.1. The van der Waals surface area contributed by atoms with Crippen LogP contribution in [0.1, 0.15) is 40.8 Å². The number of benzene rings is 1. The molecule has 0 spiro atoms. The molecule has 0 aliphatic heterocycles. The Kier molecular flexibility index (Phi) is 5.15. The zero-order valence-electron chi connectivity index (χ0n) is 12.3. The minimum Gasteiger partial charge on any atom is -0.493 e. The lowest BCUT2D eigenvalue weighted by molar-refractivity contribution is 0.317. The van der Waals surface area contributed by atoms with Gasteiger partial charge in [0.1, 0.15) is 5.75 Å². The topological polar surface area (TPSA) is 48.1 Å². The van der Waals surface area contributed by atoms with Gasteiger partial charge in [0.15, 0.2) is 0 Å². The molecule has 0 saturated heterocycles. The maximum atomic E-state index is 5.96. The molecule has 0 saturated carbocycles. The van der Waals surface area contributed by atoms with Gasteiger partial charge in [-0.15, -0.1) is 11.3 Å². The summed E-state index contributed by atoms with van der Waals surface area (Å²) in [4.78, 5) is 5.48. The Bertz CT molecular complexity index is 563. The van der Waals surface area contributed by atoms with Crippen molar-refractivity contribution < 1.29 is 4.74 Å². The minimum atomic E-state index is 0.467. The van der Waals surface area contributed by atoms with Gasteiger partial charge >= 0.3 is 0 Å². The molecular weight excluding hydrogens is 268 g/mol. The molecule has 0 bridgehead atoms. The first-order chi connectivity index (χ1) is 9.60. The van der Waals surface area contributed by atoms with E-state index in [0.717, 1.165) is 22.1 Å². The molecule has 0 unspecified atom stereocenters. The zero-order chi connectivity index (χ0) is 14.5. The molecule has 108 valence electrons. The Labute approximate surface area is 124 Å². The second kappa shape index (κ2) is 6.86. The van der Waals surface area contributed by atoms with E-state index in [1.807, 2.05) is 6.20 Å². The van der Waals surface area contributed by atoms with Gasteiger partial charge in [0, 0.05) is 24.0 Å². The van der Waals surface area contributed by atoms with Crippen molar-refractivity contribution in [3.8, 4) is 5.75 Å². The number of hydrogen-bond acceptors (Lipinski definition) is 4. The lowest BCUT2D eigenvalue weighted by Gasteiger charge is -2.14. The molecule has 3 nitrogen and oxygen atoms in total. The number of aryl methyl sites for hydroxylation is 1. The van der Waals surface area contributed by atoms with Crippen LogP contribution < -0.4 is 10.5 Å². The van der Waals surface area contributed by atoms with Crippen molar-refractivity contribution >= 4 is 11.3 Å².